The Morgan fingerprint density at radius 2 is 2.23 bits per heavy atom. The molecule has 0 radical (unpaired) electrons. The van der Waals surface area contributed by atoms with Gasteiger partial charge in [0, 0.05) is 25.5 Å². The summed E-state index contributed by atoms with van der Waals surface area (Å²) in [6, 6.07) is 0. The largest absolute Gasteiger partial charge is 0.379 e. The van der Waals surface area contributed by atoms with Crippen molar-refractivity contribution in [2.24, 2.45) is 0 Å². The number of carbonyl (C=O) groups is 1. The molecule has 0 saturated carbocycles. The number of rotatable bonds is 1. The van der Waals surface area contributed by atoms with Gasteiger partial charge in [-0.3, -0.25) is 4.79 Å². The van der Waals surface area contributed by atoms with Crippen LogP contribution < -0.4 is 5.32 Å². The van der Waals surface area contributed by atoms with Crippen molar-refractivity contribution in [3.05, 3.63) is 18.2 Å². The topological polar surface area (TPSA) is 67.0 Å². The molecule has 1 aromatic rings. The Bertz CT molecular complexity index is 208. The van der Waals surface area contributed by atoms with Crippen LogP contribution in [0, 0.1) is 0 Å². The molecule has 0 unspecified atom stereocenters. The van der Waals surface area contributed by atoms with E-state index in [-0.39, 0.29) is 0 Å². The molecule has 0 aromatic carbocycles. The number of H-pyrrole nitrogens is 1. The average Bonchev–Trinajstić information content (AvgIpc) is 2.74. The average molecular weight is 183 g/mol. The third-order valence-corrected chi connectivity index (χ3v) is 1.48. The number of morpholine rings is 1. The second kappa shape index (κ2) is 6.33. The van der Waals surface area contributed by atoms with Crippen molar-refractivity contribution in [3.8, 4) is 0 Å². The maximum atomic E-state index is 9.77. The summed E-state index contributed by atoms with van der Waals surface area (Å²) in [4.78, 5) is 16.0. The molecule has 2 N–H and O–H groups in total. The Morgan fingerprint density at radius 1 is 1.46 bits per heavy atom. The molecule has 1 aliphatic heterocycles. The van der Waals surface area contributed by atoms with E-state index in [0.29, 0.717) is 12.1 Å². The quantitative estimate of drug-likeness (QED) is 0.593. The van der Waals surface area contributed by atoms with Gasteiger partial charge in [-0.1, -0.05) is 0 Å². The van der Waals surface area contributed by atoms with Crippen molar-refractivity contribution >= 4 is 6.29 Å². The number of aldehydes is 1. The van der Waals surface area contributed by atoms with Gasteiger partial charge in [-0.2, -0.15) is 0 Å². The zero-order valence-corrected chi connectivity index (χ0v) is 7.32. The molecule has 1 fully saturated rings. The van der Waals surface area contributed by atoms with Crippen molar-refractivity contribution in [1.29, 1.82) is 0 Å². The van der Waals surface area contributed by atoms with Crippen molar-refractivity contribution in [1.82, 2.24) is 15.3 Å². The predicted octanol–water partition coefficient (Wildman–Crippen LogP) is -0.172. The van der Waals surface area contributed by atoms with Crippen LogP contribution in [-0.4, -0.2) is 42.6 Å². The molecule has 1 aromatic heterocycles. The molecule has 1 aliphatic rings. The lowest BCUT2D eigenvalue weighted by atomic mass is 10.5. The number of nitrogens with zero attached hydrogens (tertiary/aromatic N) is 1. The van der Waals surface area contributed by atoms with Gasteiger partial charge in [0.15, 0.2) is 12.1 Å². The molecule has 0 bridgehead atoms. The number of hydrogen-bond acceptors (Lipinski definition) is 4. The van der Waals surface area contributed by atoms with Crippen LogP contribution in [0.4, 0.5) is 0 Å². The van der Waals surface area contributed by atoms with Crippen molar-refractivity contribution < 1.29 is 9.53 Å². The van der Waals surface area contributed by atoms with Crippen LogP contribution >= 0.6 is 0 Å². The van der Waals surface area contributed by atoms with Crippen molar-refractivity contribution in [2.75, 3.05) is 26.3 Å². The summed E-state index contributed by atoms with van der Waals surface area (Å²) in [7, 11) is 0. The molecule has 0 amide bonds. The van der Waals surface area contributed by atoms with E-state index in [1.807, 2.05) is 0 Å². The van der Waals surface area contributed by atoms with Crippen LogP contribution in [0.5, 0.6) is 0 Å². The minimum Gasteiger partial charge on any atom is -0.379 e. The molecule has 72 valence electrons. The first-order valence-corrected chi connectivity index (χ1v) is 4.16. The first kappa shape index (κ1) is 9.88. The van der Waals surface area contributed by atoms with E-state index < -0.39 is 0 Å². The van der Waals surface area contributed by atoms with Gasteiger partial charge in [0.25, 0.3) is 0 Å². The van der Waals surface area contributed by atoms with Gasteiger partial charge in [0.1, 0.15) is 0 Å². The number of nitrogens with one attached hydrogen (secondary N) is 2. The van der Waals surface area contributed by atoms with E-state index in [9.17, 15) is 4.79 Å². The maximum absolute atomic E-state index is 9.77. The zero-order valence-electron chi connectivity index (χ0n) is 7.32. The molecule has 0 aliphatic carbocycles. The van der Waals surface area contributed by atoms with Crippen LogP contribution in [0.3, 0.4) is 0 Å². The number of imidazole rings is 1. The second-order valence-electron chi connectivity index (χ2n) is 2.45. The lowest BCUT2D eigenvalue weighted by Crippen LogP contribution is -2.30. The van der Waals surface area contributed by atoms with Gasteiger partial charge < -0.3 is 15.0 Å². The summed E-state index contributed by atoms with van der Waals surface area (Å²) in [6.07, 6.45) is 3.80. The highest BCUT2D eigenvalue weighted by Crippen LogP contribution is 1.78. The smallest absolute Gasteiger partial charge is 0.185 e. The van der Waals surface area contributed by atoms with Gasteiger partial charge in [-0.25, -0.2) is 4.98 Å². The third kappa shape index (κ3) is 4.39. The highest BCUT2D eigenvalue weighted by atomic mass is 16.5. The molecule has 13 heavy (non-hydrogen) atoms. The van der Waals surface area contributed by atoms with E-state index in [4.69, 9.17) is 4.74 Å². The highest BCUT2D eigenvalue weighted by molar-refractivity contribution is 5.68. The van der Waals surface area contributed by atoms with E-state index >= 15 is 0 Å². The summed E-state index contributed by atoms with van der Waals surface area (Å²) >= 11 is 0. The first-order chi connectivity index (χ1) is 6.43. The summed E-state index contributed by atoms with van der Waals surface area (Å²) in [5.41, 5.74) is 0. The molecular formula is C8H13N3O2. The molecule has 5 heteroatoms. The van der Waals surface area contributed by atoms with Crippen LogP contribution in [0.25, 0.3) is 0 Å². The van der Waals surface area contributed by atoms with Crippen LogP contribution in [0.15, 0.2) is 12.4 Å². The Labute approximate surface area is 76.5 Å². The summed E-state index contributed by atoms with van der Waals surface area (Å²) < 4.78 is 5.01. The molecule has 5 nitrogen and oxygen atoms in total. The Balaban J connectivity index is 0.000000132. The fourth-order valence-electron chi connectivity index (χ4n) is 0.858. The SMILES string of the molecule is C1COCCN1.O=Cc1ncc[nH]1. The van der Waals surface area contributed by atoms with Crippen LogP contribution in [0.2, 0.25) is 0 Å². The normalized spacial score (nSPS) is 15.7. The number of carbonyl (C=O) groups excluding carboxylic acids is 1. The summed E-state index contributed by atoms with van der Waals surface area (Å²) in [5, 5.41) is 3.16. The fourth-order valence-corrected chi connectivity index (χ4v) is 0.858. The monoisotopic (exact) mass is 183 g/mol. The first-order valence-electron chi connectivity index (χ1n) is 4.16. The lowest BCUT2D eigenvalue weighted by Gasteiger charge is -2.10. The van der Waals surface area contributed by atoms with Crippen LogP contribution in [0.1, 0.15) is 10.6 Å². The number of aromatic amines is 1. The van der Waals surface area contributed by atoms with E-state index in [1.165, 1.54) is 6.20 Å². The summed E-state index contributed by atoms with van der Waals surface area (Å²) in [6.45, 7) is 3.83. The molecule has 1 saturated heterocycles. The standard InChI is InChI=1S/C4H4N2O.C4H9NO/c7-3-4-5-1-2-6-4;1-3-6-4-2-5-1/h1-3H,(H,5,6);5H,1-4H2. The van der Waals surface area contributed by atoms with E-state index in [0.717, 1.165) is 26.3 Å². The van der Waals surface area contributed by atoms with Gasteiger partial charge in [-0.05, 0) is 0 Å². The van der Waals surface area contributed by atoms with Gasteiger partial charge >= 0.3 is 0 Å². The number of ether oxygens (including phenoxy) is 1. The van der Waals surface area contributed by atoms with Gasteiger partial charge in [0.2, 0.25) is 0 Å². The lowest BCUT2D eigenvalue weighted by molar-refractivity contribution is 0.109. The van der Waals surface area contributed by atoms with E-state index in [2.05, 4.69) is 15.3 Å². The molecule has 2 heterocycles. The van der Waals surface area contributed by atoms with Gasteiger partial charge in [-0.15, -0.1) is 0 Å². The second-order valence-corrected chi connectivity index (χ2v) is 2.45. The highest BCUT2D eigenvalue weighted by Gasteiger charge is 1.92. The minimum atomic E-state index is 0.375. The molecular weight excluding hydrogens is 170 g/mol. The Hall–Kier alpha value is -1.20. The minimum absolute atomic E-state index is 0.375. The van der Waals surface area contributed by atoms with Crippen molar-refractivity contribution in [3.63, 3.8) is 0 Å². The number of aromatic nitrogens is 2. The maximum Gasteiger partial charge on any atom is 0.185 e. The predicted molar refractivity (Wildman–Crippen MR) is 47.7 cm³/mol. The molecule has 0 atom stereocenters. The Kier molecular flexibility index (Phi) is 4.81. The fraction of sp³-hybridized carbons (Fsp3) is 0.500. The molecule has 0 spiro atoms. The van der Waals surface area contributed by atoms with Crippen LogP contribution in [-0.2, 0) is 4.74 Å². The van der Waals surface area contributed by atoms with Crippen molar-refractivity contribution in [2.45, 2.75) is 0 Å². The summed E-state index contributed by atoms with van der Waals surface area (Å²) in [5.74, 6) is 0.375. The van der Waals surface area contributed by atoms with Gasteiger partial charge in [0.05, 0.1) is 13.2 Å². The van der Waals surface area contributed by atoms with E-state index in [1.54, 1.807) is 6.20 Å². The molecule has 2 rings (SSSR count). The zero-order chi connectivity index (χ0) is 9.36. The number of hydrogen-bond donors (Lipinski definition) is 2. The Morgan fingerprint density at radius 3 is 2.46 bits per heavy atom. The third-order valence-electron chi connectivity index (χ3n) is 1.48.